The first-order valence-electron chi connectivity index (χ1n) is 9.94. The second-order valence-electron chi connectivity index (χ2n) is 6.75. The molecule has 0 unspecified atom stereocenters. The Bertz CT molecular complexity index is 792. The largest absolute Gasteiger partial charge is 0.367 e. The molecule has 0 spiro atoms. The van der Waals surface area contributed by atoms with Gasteiger partial charge in [-0.15, -0.1) is 0 Å². The molecule has 0 saturated carbocycles. The fourth-order valence-electron chi connectivity index (χ4n) is 2.97. The van der Waals surface area contributed by atoms with Crippen LogP contribution in [0.25, 0.3) is 0 Å². The zero-order valence-electron chi connectivity index (χ0n) is 16.7. The van der Waals surface area contributed by atoms with E-state index in [-0.39, 0.29) is 11.6 Å². The van der Waals surface area contributed by atoms with Gasteiger partial charge in [-0.1, -0.05) is 87.4 Å². The van der Waals surface area contributed by atoms with Crippen LogP contribution >= 0.6 is 15.9 Å². The third-order valence-electron chi connectivity index (χ3n) is 4.57. The number of Topliss-reactive ketones (excluding diaryl/α,β-unsaturated/α-hetero) is 2. The Morgan fingerprint density at radius 1 is 0.750 bits per heavy atom. The summed E-state index contributed by atoms with van der Waals surface area (Å²) in [7, 11) is 0. The molecule has 0 aliphatic heterocycles. The predicted octanol–water partition coefficient (Wildman–Crippen LogP) is 6.26. The molecule has 0 aliphatic carbocycles. The molecule has 0 amide bonds. The minimum absolute atomic E-state index is 0.121. The number of hydrogen-bond acceptors (Lipinski definition) is 3. The van der Waals surface area contributed by atoms with Crippen molar-refractivity contribution in [2.75, 3.05) is 13.1 Å². The van der Waals surface area contributed by atoms with Crippen LogP contribution in [-0.2, 0) is 0 Å². The topological polar surface area (TPSA) is 37.4 Å². The summed E-state index contributed by atoms with van der Waals surface area (Å²) < 4.78 is 0.333. The summed E-state index contributed by atoms with van der Waals surface area (Å²) in [6.45, 7) is 5.76. The molecule has 0 heterocycles. The van der Waals surface area contributed by atoms with E-state index >= 15 is 0 Å². The van der Waals surface area contributed by atoms with Gasteiger partial charge in [0.2, 0.25) is 11.6 Å². The molecule has 0 atom stereocenters. The van der Waals surface area contributed by atoms with Gasteiger partial charge in [-0.25, -0.2) is 0 Å². The molecule has 0 aliphatic rings. The molecule has 0 saturated heterocycles. The summed E-state index contributed by atoms with van der Waals surface area (Å²) in [5, 5.41) is 0. The molecule has 4 heteroatoms. The maximum Gasteiger partial charge on any atom is 0.210 e. The average Bonchev–Trinajstić information content (AvgIpc) is 2.75. The van der Waals surface area contributed by atoms with Gasteiger partial charge in [0, 0.05) is 24.2 Å². The van der Waals surface area contributed by atoms with Crippen LogP contribution in [0.5, 0.6) is 0 Å². The second kappa shape index (κ2) is 11.6. The summed E-state index contributed by atoms with van der Waals surface area (Å²) in [4.78, 5) is 28.6. The Morgan fingerprint density at radius 2 is 1.18 bits per heavy atom. The van der Waals surface area contributed by atoms with Crippen LogP contribution < -0.4 is 0 Å². The summed E-state index contributed by atoms with van der Waals surface area (Å²) in [5.74, 6) is -0.290. The predicted molar refractivity (Wildman–Crippen MR) is 119 cm³/mol. The molecule has 2 rings (SSSR count). The van der Waals surface area contributed by atoms with E-state index in [2.05, 4.69) is 34.7 Å². The van der Waals surface area contributed by atoms with Gasteiger partial charge in [-0.2, -0.15) is 0 Å². The average molecular weight is 442 g/mol. The van der Waals surface area contributed by atoms with Crippen LogP contribution in [0.2, 0.25) is 0 Å². The van der Waals surface area contributed by atoms with Crippen LogP contribution in [0.1, 0.15) is 60.2 Å². The van der Waals surface area contributed by atoms with Crippen LogP contribution in [-0.4, -0.2) is 29.6 Å². The first kappa shape index (κ1) is 22.1. The van der Waals surface area contributed by atoms with Gasteiger partial charge in [0.15, 0.2) is 0 Å². The molecule has 3 nitrogen and oxygen atoms in total. The van der Waals surface area contributed by atoms with Gasteiger partial charge < -0.3 is 4.90 Å². The monoisotopic (exact) mass is 441 g/mol. The fourth-order valence-corrected chi connectivity index (χ4v) is 3.63. The Kier molecular flexibility index (Phi) is 9.15. The third kappa shape index (κ3) is 5.90. The summed E-state index contributed by atoms with van der Waals surface area (Å²) in [5.41, 5.74) is 1.62. The van der Waals surface area contributed by atoms with Crippen LogP contribution in [0, 0.1) is 0 Å². The van der Waals surface area contributed by atoms with Crippen molar-refractivity contribution in [3.05, 3.63) is 82.0 Å². The van der Waals surface area contributed by atoms with E-state index in [4.69, 9.17) is 0 Å². The fraction of sp³-hybridized carbons (Fsp3) is 0.333. The number of benzene rings is 2. The number of carbonyl (C=O) groups excluding carboxylic acids is 2. The zero-order chi connectivity index (χ0) is 20.4. The van der Waals surface area contributed by atoms with Crippen molar-refractivity contribution in [1.82, 2.24) is 4.90 Å². The molecular weight excluding hydrogens is 414 g/mol. The lowest BCUT2D eigenvalue weighted by Gasteiger charge is -2.28. The normalized spacial score (nSPS) is 11.7. The molecule has 2 aromatic carbocycles. The first-order valence-corrected chi connectivity index (χ1v) is 10.7. The van der Waals surface area contributed by atoms with E-state index < -0.39 is 0 Å². The minimum Gasteiger partial charge on any atom is -0.367 e. The highest BCUT2D eigenvalue weighted by Gasteiger charge is 2.26. The standard InChI is InChI=1S/C24H28BrNO2/c1-3-5-17-26(18-6-4-2)22(24(28)20-15-11-8-12-16-20)21(25)23(27)19-13-9-7-10-14-19/h7-16H,3-6,17-18H2,1-2H3/b22-21+. The number of rotatable bonds is 11. The van der Waals surface area contributed by atoms with Crippen LogP contribution in [0.4, 0.5) is 0 Å². The van der Waals surface area contributed by atoms with Crippen molar-refractivity contribution in [1.29, 1.82) is 0 Å². The van der Waals surface area contributed by atoms with E-state index in [0.717, 1.165) is 38.8 Å². The number of hydrogen-bond donors (Lipinski definition) is 0. The number of ketones is 2. The van der Waals surface area contributed by atoms with E-state index in [1.54, 1.807) is 24.3 Å². The number of nitrogens with zero attached hydrogens (tertiary/aromatic N) is 1. The molecule has 0 bridgehead atoms. The summed E-state index contributed by atoms with van der Waals surface area (Å²) >= 11 is 3.50. The van der Waals surface area contributed by atoms with Crippen molar-refractivity contribution in [3.8, 4) is 0 Å². The molecular formula is C24H28BrNO2. The van der Waals surface area contributed by atoms with E-state index in [1.807, 2.05) is 36.4 Å². The van der Waals surface area contributed by atoms with Gasteiger partial charge in [-0.05, 0) is 28.8 Å². The highest BCUT2D eigenvalue weighted by atomic mass is 79.9. The molecule has 0 fully saturated rings. The molecule has 28 heavy (non-hydrogen) atoms. The number of halogens is 1. The molecule has 0 N–H and O–H groups in total. The zero-order valence-corrected chi connectivity index (χ0v) is 18.2. The Hall–Kier alpha value is -2.20. The lowest BCUT2D eigenvalue weighted by Crippen LogP contribution is -2.31. The molecule has 0 aromatic heterocycles. The van der Waals surface area contributed by atoms with E-state index in [9.17, 15) is 9.59 Å². The highest BCUT2D eigenvalue weighted by molar-refractivity contribution is 9.12. The van der Waals surface area contributed by atoms with Crippen LogP contribution in [0.3, 0.4) is 0 Å². The van der Waals surface area contributed by atoms with Crippen molar-refractivity contribution < 1.29 is 9.59 Å². The molecule has 148 valence electrons. The smallest absolute Gasteiger partial charge is 0.210 e. The highest BCUT2D eigenvalue weighted by Crippen LogP contribution is 2.25. The molecule has 0 radical (unpaired) electrons. The Balaban J connectivity index is 2.52. The van der Waals surface area contributed by atoms with Crippen molar-refractivity contribution in [2.24, 2.45) is 0 Å². The SMILES string of the molecule is CCCCN(CCCC)/C(C(=O)c1ccccc1)=C(/Br)C(=O)c1ccccc1. The van der Waals surface area contributed by atoms with Crippen molar-refractivity contribution in [2.45, 2.75) is 39.5 Å². The maximum atomic E-state index is 13.4. The van der Waals surface area contributed by atoms with E-state index in [1.165, 1.54) is 0 Å². The Labute approximate surface area is 176 Å². The lowest BCUT2D eigenvalue weighted by molar-refractivity contribution is 0.0969. The van der Waals surface area contributed by atoms with E-state index in [0.29, 0.717) is 21.3 Å². The van der Waals surface area contributed by atoms with Gasteiger partial charge in [0.25, 0.3) is 0 Å². The Morgan fingerprint density at radius 3 is 1.61 bits per heavy atom. The quantitative estimate of drug-likeness (QED) is 0.305. The van der Waals surface area contributed by atoms with Gasteiger partial charge >= 0.3 is 0 Å². The molecule has 2 aromatic rings. The summed E-state index contributed by atoms with van der Waals surface area (Å²) in [6.07, 6.45) is 3.99. The van der Waals surface area contributed by atoms with Gasteiger partial charge in [-0.3, -0.25) is 9.59 Å². The maximum absolute atomic E-state index is 13.4. The number of unbranched alkanes of at least 4 members (excludes halogenated alkanes) is 2. The van der Waals surface area contributed by atoms with Crippen LogP contribution in [0.15, 0.2) is 70.8 Å². The minimum atomic E-state index is -0.169. The number of allylic oxidation sites excluding steroid dienone is 2. The van der Waals surface area contributed by atoms with Crippen molar-refractivity contribution >= 4 is 27.5 Å². The number of carbonyl (C=O) groups is 2. The van der Waals surface area contributed by atoms with Crippen molar-refractivity contribution in [3.63, 3.8) is 0 Å². The van der Waals surface area contributed by atoms with Gasteiger partial charge in [0.05, 0.1) is 4.48 Å². The van der Waals surface area contributed by atoms with Gasteiger partial charge in [0.1, 0.15) is 5.70 Å². The lowest BCUT2D eigenvalue weighted by atomic mass is 10.0. The third-order valence-corrected chi connectivity index (χ3v) is 5.31. The first-order chi connectivity index (χ1) is 13.6. The summed E-state index contributed by atoms with van der Waals surface area (Å²) in [6, 6.07) is 18.3. The second-order valence-corrected chi connectivity index (χ2v) is 7.54.